The van der Waals surface area contributed by atoms with Crippen molar-refractivity contribution in [3.63, 3.8) is 0 Å². The first-order chi connectivity index (χ1) is 12.2. The number of carbonyl (C=O) groups excluding carboxylic acids is 1. The highest BCUT2D eigenvalue weighted by molar-refractivity contribution is 5.93. The predicted molar refractivity (Wildman–Crippen MR) is 101 cm³/mol. The number of ether oxygens (including phenoxy) is 1. The Hall–Kier alpha value is -2.53. The van der Waals surface area contributed by atoms with Crippen LogP contribution in [0.25, 0.3) is 0 Å². The van der Waals surface area contributed by atoms with Gasteiger partial charge in [-0.1, -0.05) is 24.3 Å². The molecule has 3 rings (SSSR count). The SMILES string of the molecule is COc1ccccc1NCC(=O)Nc1ccc(CN2CCCC2)cc1. The van der Waals surface area contributed by atoms with Gasteiger partial charge >= 0.3 is 0 Å². The molecule has 0 unspecified atom stereocenters. The van der Waals surface area contributed by atoms with Crippen molar-refractivity contribution in [3.8, 4) is 5.75 Å². The molecule has 1 aliphatic heterocycles. The van der Waals surface area contributed by atoms with Gasteiger partial charge in [0.15, 0.2) is 0 Å². The molecule has 0 atom stereocenters. The van der Waals surface area contributed by atoms with Gasteiger partial charge in [-0.15, -0.1) is 0 Å². The minimum atomic E-state index is -0.0850. The third kappa shape index (κ3) is 4.97. The summed E-state index contributed by atoms with van der Waals surface area (Å²) >= 11 is 0. The number of methoxy groups -OCH3 is 1. The lowest BCUT2D eigenvalue weighted by molar-refractivity contribution is -0.114. The molecule has 2 aromatic carbocycles. The van der Waals surface area contributed by atoms with Crippen LogP contribution in [0.5, 0.6) is 5.75 Å². The third-order valence-electron chi connectivity index (χ3n) is 4.39. The van der Waals surface area contributed by atoms with Crippen LogP contribution in [0.1, 0.15) is 18.4 Å². The molecule has 1 aliphatic rings. The third-order valence-corrected chi connectivity index (χ3v) is 4.39. The quantitative estimate of drug-likeness (QED) is 0.812. The fraction of sp³-hybridized carbons (Fsp3) is 0.350. The van der Waals surface area contributed by atoms with E-state index >= 15 is 0 Å². The topological polar surface area (TPSA) is 53.6 Å². The van der Waals surface area contributed by atoms with Crippen molar-refractivity contribution in [2.45, 2.75) is 19.4 Å². The number of amides is 1. The molecule has 0 bridgehead atoms. The number of hydrogen-bond donors (Lipinski definition) is 2. The summed E-state index contributed by atoms with van der Waals surface area (Å²) in [4.78, 5) is 14.6. The monoisotopic (exact) mass is 339 g/mol. The van der Waals surface area contributed by atoms with E-state index in [2.05, 4.69) is 27.7 Å². The van der Waals surface area contributed by atoms with Crippen molar-refractivity contribution in [2.24, 2.45) is 0 Å². The first kappa shape index (κ1) is 17.3. The highest BCUT2D eigenvalue weighted by Gasteiger charge is 2.11. The van der Waals surface area contributed by atoms with Gasteiger partial charge in [0.2, 0.25) is 5.91 Å². The van der Waals surface area contributed by atoms with Gasteiger partial charge in [0, 0.05) is 12.2 Å². The van der Waals surface area contributed by atoms with Crippen molar-refractivity contribution in [1.82, 2.24) is 4.90 Å². The Morgan fingerprint density at radius 3 is 2.52 bits per heavy atom. The summed E-state index contributed by atoms with van der Waals surface area (Å²) in [6.45, 7) is 3.56. The van der Waals surface area contributed by atoms with Gasteiger partial charge in [-0.25, -0.2) is 0 Å². The molecule has 1 amide bonds. The minimum absolute atomic E-state index is 0.0850. The van der Waals surface area contributed by atoms with E-state index in [0.717, 1.165) is 23.7 Å². The first-order valence-corrected chi connectivity index (χ1v) is 8.72. The number of nitrogens with zero attached hydrogens (tertiary/aromatic N) is 1. The van der Waals surface area contributed by atoms with Crippen molar-refractivity contribution >= 4 is 17.3 Å². The van der Waals surface area contributed by atoms with Gasteiger partial charge in [-0.3, -0.25) is 9.69 Å². The van der Waals surface area contributed by atoms with Crippen LogP contribution in [0.15, 0.2) is 48.5 Å². The summed E-state index contributed by atoms with van der Waals surface area (Å²) in [5.41, 5.74) is 2.91. The average molecular weight is 339 g/mol. The van der Waals surface area contributed by atoms with E-state index in [9.17, 15) is 4.79 Å². The number of carbonyl (C=O) groups is 1. The summed E-state index contributed by atoms with van der Waals surface area (Å²) in [5.74, 6) is 0.639. The van der Waals surface area contributed by atoms with E-state index in [-0.39, 0.29) is 12.5 Å². The maximum absolute atomic E-state index is 12.1. The largest absolute Gasteiger partial charge is 0.495 e. The number of anilines is 2. The van der Waals surface area contributed by atoms with Crippen LogP contribution in [0.2, 0.25) is 0 Å². The van der Waals surface area contributed by atoms with E-state index in [0.29, 0.717) is 0 Å². The molecule has 0 aliphatic carbocycles. The molecule has 0 spiro atoms. The van der Waals surface area contributed by atoms with Crippen LogP contribution in [0.4, 0.5) is 11.4 Å². The van der Waals surface area contributed by atoms with Gasteiger partial charge in [0.1, 0.15) is 5.75 Å². The Morgan fingerprint density at radius 2 is 1.80 bits per heavy atom. The molecule has 0 saturated carbocycles. The van der Waals surface area contributed by atoms with E-state index in [1.165, 1.54) is 31.5 Å². The predicted octanol–water partition coefficient (Wildman–Crippen LogP) is 3.34. The van der Waals surface area contributed by atoms with Crippen molar-refractivity contribution in [3.05, 3.63) is 54.1 Å². The Bertz CT molecular complexity index is 694. The number of hydrogen-bond acceptors (Lipinski definition) is 4. The second kappa shape index (κ2) is 8.53. The molecular weight excluding hydrogens is 314 g/mol. The number of benzene rings is 2. The second-order valence-electron chi connectivity index (χ2n) is 6.28. The molecule has 2 aromatic rings. The van der Waals surface area contributed by atoms with Crippen LogP contribution >= 0.6 is 0 Å². The first-order valence-electron chi connectivity index (χ1n) is 8.72. The summed E-state index contributed by atoms with van der Waals surface area (Å²) in [5, 5.41) is 6.01. The lowest BCUT2D eigenvalue weighted by Crippen LogP contribution is -2.22. The van der Waals surface area contributed by atoms with Crippen LogP contribution in [-0.2, 0) is 11.3 Å². The number of para-hydroxylation sites is 2. The second-order valence-corrected chi connectivity index (χ2v) is 6.28. The summed E-state index contributed by atoms with van der Waals surface area (Å²) in [6, 6.07) is 15.6. The number of likely N-dealkylation sites (tertiary alicyclic amines) is 1. The highest BCUT2D eigenvalue weighted by Crippen LogP contribution is 2.22. The van der Waals surface area contributed by atoms with E-state index in [4.69, 9.17) is 4.74 Å². The van der Waals surface area contributed by atoms with E-state index in [1.807, 2.05) is 36.4 Å². The summed E-state index contributed by atoms with van der Waals surface area (Å²) < 4.78 is 5.27. The normalized spacial score (nSPS) is 14.3. The molecule has 1 saturated heterocycles. The zero-order valence-electron chi connectivity index (χ0n) is 14.6. The molecule has 5 nitrogen and oxygen atoms in total. The Kier molecular flexibility index (Phi) is 5.90. The smallest absolute Gasteiger partial charge is 0.243 e. The molecule has 132 valence electrons. The molecule has 25 heavy (non-hydrogen) atoms. The van der Waals surface area contributed by atoms with Gasteiger partial charge in [-0.05, 0) is 55.8 Å². The molecule has 2 N–H and O–H groups in total. The van der Waals surface area contributed by atoms with Crippen molar-refractivity contribution < 1.29 is 9.53 Å². The Morgan fingerprint density at radius 1 is 1.08 bits per heavy atom. The zero-order chi connectivity index (χ0) is 17.5. The van der Waals surface area contributed by atoms with E-state index in [1.54, 1.807) is 7.11 Å². The maximum Gasteiger partial charge on any atom is 0.243 e. The van der Waals surface area contributed by atoms with Crippen molar-refractivity contribution in [1.29, 1.82) is 0 Å². The highest BCUT2D eigenvalue weighted by atomic mass is 16.5. The molecular formula is C20H25N3O2. The molecule has 1 fully saturated rings. The van der Waals surface area contributed by atoms with E-state index < -0.39 is 0 Å². The van der Waals surface area contributed by atoms with Crippen LogP contribution < -0.4 is 15.4 Å². The van der Waals surface area contributed by atoms with Gasteiger partial charge < -0.3 is 15.4 Å². The van der Waals surface area contributed by atoms with Crippen molar-refractivity contribution in [2.75, 3.05) is 37.4 Å². The molecule has 5 heteroatoms. The lowest BCUT2D eigenvalue weighted by Gasteiger charge is -2.15. The standard InChI is InChI=1S/C20H25N3O2/c1-25-19-7-3-2-6-18(19)21-14-20(24)22-17-10-8-16(9-11-17)15-23-12-4-5-13-23/h2-3,6-11,21H,4-5,12-15H2,1H3,(H,22,24). The van der Waals surface area contributed by atoms with Gasteiger partial charge in [0.25, 0.3) is 0 Å². The molecule has 0 aromatic heterocycles. The number of rotatable bonds is 7. The van der Waals surface area contributed by atoms with Crippen LogP contribution in [0.3, 0.4) is 0 Å². The van der Waals surface area contributed by atoms with Crippen LogP contribution in [0, 0.1) is 0 Å². The average Bonchev–Trinajstić information content (AvgIpc) is 3.15. The Labute approximate surface area is 149 Å². The van der Waals surface area contributed by atoms with Crippen LogP contribution in [-0.4, -0.2) is 37.6 Å². The summed E-state index contributed by atoms with van der Waals surface area (Å²) in [6.07, 6.45) is 2.60. The minimum Gasteiger partial charge on any atom is -0.495 e. The Balaban J connectivity index is 1.49. The molecule has 1 heterocycles. The fourth-order valence-corrected chi connectivity index (χ4v) is 3.06. The van der Waals surface area contributed by atoms with Gasteiger partial charge in [0.05, 0.1) is 19.3 Å². The number of nitrogens with one attached hydrogen (secondary N) is 2. The molecule has 0 radical (unpaired) electrons. The van der Waals surface area contributed by atoms with Gasteiger partial charge in [-0.2, -0.15) is 0 Å². The lowest BCUT2D eigenvalue weighted by atomic mass is 10.2. The summed E-state index contributed by atoms with van der Waals surface area (Å²) in [7, 11) is 1.62. The maximum atomic E-state index is 12.1. The zero-order valence-corrected chi connectivity index (χ0v) is 14.6. The fourth-order valence-electron chi connectivity index (χ4n) is 3.06.